The fourth-order valence-corrected chi connectivity index (χ4v) is 4.09. The number of carbonyl (C=O) groups excluding carboxylic acids is 2. The third-order valence-corrected chi connectivity index (χ3v) is 5.55. The van der Waals surface area contributed by atoms with E-state index in [1.807, 2.05) is 0 Å². The number of hydrogen-bond acceptors (Lipinski definition) is 6. The summed E-state index contributed by atoms with van der Waals surface area (Å²) in [6, 6.07) is 10.1. The van der Waals surface area contributed by atoms with Gasteiger partial charge in [-0.1, -0.05) is 38.9 Å². The normalized spacial score (nSPS) is 10.8. The number of amides is 1. The lowest BCUT2D eigenvalue weighted by Crippen LogP contribution is -2.34. The van der Waals surface area contributed by atoms with Crippen molar-refractivity contribution in [3.63, 3.8) is 0 Å². The highest BCUT2D eigenvalue weighted by Gasteiger charge is 2.15. The van der Waals surface area contributed by atoms with Crippen LogP contribution in [0.3, 0.4) is 0 Å². The number of esters is 1. The van der Waals surface area contributed by atoms with E-state index in [4.69, 9.17) is 28.6 Å². The smallest absolute Gasteiger partial charge is 0.338 e. The van der Waals surface area contributed by atoms with Crippen molar-refractivity contribution in [3.05, 3.63) is 57.0 Å². The van der Waals surface area contributed by atoms with E-state index in [1.54, 1.807) is 50.2 Å². The van der Waals surface area contributed by atoms with Crippen LogP contribution < -0.4 is 10.6 Å². The Morgan fingerprint density at radius 1 is 1.24 bits per heavy atom. The topological polar surface area (TPSA) is 80.3 Å². The Kier molecular flexibility index (Phi) is 6.84. The predicted molar refractivity (Wildman–Crippen MR) is 123 cm³/mol. The van der Waals surface area contributed by atoms with Gasteiger partial charge in [-0.05, 0) is 62.5 Å². The van der Waals surface area contributed by atoms with Crippen LogP contribution in [-0.4, -0.2) is 28.1 Å². The van der Waals surface area contributed by atoms with E-state index < -0.39 is 11.9 Å². The molecule has 0 saturated heterocycles. The van der Waals surface area contributed by atoms with Crippen molar-refractivity contribution in [2.24, 2.45) is 0 Å². The van der Waals surface area contributed by atoms with Gasteiger partial charge in [0.1, 0.15) is 0 Å². The quantitative estimate of drug-likeness (QED) is 0.360. The molecule has 10 heteroatoms. The lowest BCUT2D eigenvalue weighted by molar-refractivity contribution is 0.0378. The van der Waals surface area contributed by atoms with Crippen molar-refractivity contribution in [3.8, 4) is 0 Å². The summed E-state index contributed by atoms with van der Waals surface area (Å²) in [7, 11) is 0. The largest absolute Gasteiger partial charge is 0.459 e. The fourth-order valence-electron chi connectivity index (χ4n) is 2.36. The first kappa shape index (κ1) is 21.6. The Balaban J connectivity index is 1.71. The minimum Gasteiger partial charge on any atom is -0.459 e. The number of rotatable bonds is 4. The van der Waals surface area contributed by atoms with E-state index in [9.17, 15) is 9.59 Å². The number of thiazole rings is 1. The highest BCUT2D eigenvalue weighted by molar-refractivity contribution is 9.10. The maximum atomic E-state index is 12.4. The number of ether oxygens (including phenoxy) is 1. The molecule has 3 rings (SSSR count). The second-order valence-electron chi connectivity index (χ2n) is 6.19. The molecule has 0 saturated carbocycles. The molecular weight excluding hydrogens is 498 g/mol. The number of benzene rings is 2. The van der Waals surface area contributed by atoms with Gasteiger partial charge in [-0.15, -0.1) is 0 Å². The van der Waals surface area contributed by atoms with Crippen molar-refractivity contribution in [1.29, 1.82) is 0 Å². The summed E-state index contributed by atoms with van der Waals surface area (Å²) >= 11 is 15.9. The van der Waals surface area contributed by atoms with Gasteiger partial charge in [-0.25, -0.2) is 9.78 Å². The van der Waals surface area contributed by atoms with Gasteiger partial charge in [0.15, 0.2) is 10.2 Å². The molecule has 29 heavy (non-hydrogen) atoms. The number of nitrogens with one attached hydrogen (secondary N) is 2. The minimum atomic E-state index is -0.436. The minimum absolute atomic E-state index is 0.0875. The maximum absolute atomic E-state index is 12.4. The zero-order valence-electron chi connectivity index (χ0n) is 15.3. The van der Waals surface area contributed by atoms with Crippen LogP contribution in [0.4, 0.5) is 5.13 Å². The van der Waals surface area contributed by atoms with Crippen LogP contribution in [0.15, 0.2) is 40.9 Å². The molecule has 0 aliphatic carbocycles. The van der Waals surface area contributed by atoms with Gasteiger partial charge in [0.05, 0.1) is 32.5 Å². The Morgan fingerprint density at radius 3 is 2.72 bits per heavy atom. The van der Waals surface area contributed by atoms with Crippen LogP contribution in [0.25, 0.3) is 10.2 Å². The molecule has 0 fully saturated rings. The van der Waals surface area contributed by atoms with Crippen LogP contribution in [0, 0.1) is 0 Å². The van der Waals surface area contributed by atoms with Gasteiger partial charge >= 0.3 is 5.97 Å². The first-order valence-corrected chi connectivity index (χ1v) is 10.8. The van der Waals surface area contributed by atoms with Gasteiger partial charge < -0.3 is 10.1 Å². The van der Waals surface area contributed by atoms with Crippen LogP contribution in [0.2, 0.25) is 5.02 Å². The highest BCUT2D eigenvalue weighted by atomic mass is 79.9. The van der Waals surface area contributed by atoms with E-state index in [0.717, 1.165) is 9.17 Å². The summed E-state index contributed by atoms with van der Waals surface area (Å²) in [4.78, 5) is 28.8. The van der Waals surface area contributed by atoms with E-state index in [0.29, 0.717) is 26.8 Å². The summed E-state index contributed by atoms with van der Waals surface area (Å²) in [5, 5.41) is 6.35. The van der Waals surface area contributed by atoms with Crippen molar-refractivity contribution in [2.45, 2.75) is 20.0 Å². The van der Waals surface area contributed by atoms with E-state index in [1.165, 1.54) is 11.3 Å². The third kappa shape index (κ3) is 5.51. The van der Waals surface area contributed by atoms with Gasteiger partial charge in [0.25, 0.3) is 5.91 Å². The van der Waals surface area contributed by atoms with Gasteiger partial charge in [0.2, 0.25) is 0 Å². The molecule has 6 nitrogen and oxygen atoms in total. The molecule has 0 spiro atoms. The van der Waals surface area contributed by atoms with Crippen LogP contribution in [-0.2, 0) is 4.74 Å². The molecular formula is C19H15BrClN3O3S2. The molecule has 0 radical (unpaired) electrons. The van der Waals surface area contributed by atoms with E-state index in [2.05, 4.69) is 31.5 Å². The van der Waals surface area contributed by atoms with Crippen LogP contribution >= 0.6 is 51.1 Å². The Hall–Kier alpha value is -2.07. The predicted octanol–water partition coefficient (Wildman–Crippen LogP) is 5.40. The zero-order chi connectivity index (χ0) is 21.1. The molecule has 0 aliphatic rings. The Morgan fingerprint density at radius 2 is 2.00 bits per heavy atom. The molecule has 2 N–H and O–H groups in total. The van der Waals surface area contributed by atoms with Crippen molar-refractivity contribution in [1.82, 2.24) is 10.3 Å². The second-order valence-corrected chi connectivity index (χ2v) is 8.95. The SMILES string of the molecule is CC(C)OC(=O)c1ccc2nc(NC(=S)NC(=O)c3cc(Br)ccc3Cl)sc2c1. The third-order valence-electron chi connectivity index (χ3n) is 3.59. The van der Waals surface area contributed by atoms with Crippen molar-refractivity contribution >= 4 is 83.4 Å². The Bertz CT molecular complexity index is 1120. The molecule has 0 aliphatic heterocycles. The number of fused-ring (bicyclic) bond motifs is 1. The second kappa shape index (κ2) is 9.17. The molecule has 0 atom stereocenters. The van der Waals surface area contributed by atoms with Crippen LogP contribution in [0.1, 0.15) is 34.6 Å². The number of hydrogen-bond donors (Lipinski definition) is 2. The number of aromatic nitrogens is 1. The summed E-state index contributed by atoms with van der Waals surface area (Å²) < 4.78 is 6.72. The van der Waals surface area contributed by atoms with E-state index in [-0.39, 0.29) is 11.2 Å². The van der Waals surface area contributed by atoms with E-state index >= 15 is 0 Å². The van der Waals surface area contributed by atoms with Gasteiger partial charge in [-0.3, -0.25) is 10.1 Å². The molecule has 1 heterocycles. The molecule has 1 amide bonds. The summed E-state index contributed by atoms with van der Waals surface area (Å²) in [5.41, 5.74) is 1.44. The number of carbonyl (C=O) groups is 2. The first-order valence-electron chi connectivity index (χ1n) is 8.42. The summed E-state index contributed by atoms with van der Waals surface area (Å²) in [6.45, 7) is 3.59. The molecule has 0 bridgehead atoms. The Labute approximate surface area is 189 Å². The average Bonchev–Trinajstić information content (AvgIpc) is 3.04. The molecule has 1 aromatic heterocycles. The lowest BCUT2D eigenvalue weighted by atomic mass is 10.2. The molecule has 150 valence electrons. The zero-order valence-corrected chi connectivity index (χ0v) is 19.3. The standard InChI is InChI=1S/C19H15BrClN3O3S2/c1-9(2)27-17(26)10-3-6-14-15(7-10)29-19(22-14)24-18(28)23-16(25)12-8-11(20)4-5-13(12)21/h3-9H,1-2H3,(H2,22,23,24,25,28). The average molecular weight is 513 g/mol. The monoisotopic (exact) mass is 511 g/mol. The molecule has 3 aromatic rings. The number of nitrogens with zero attached hydrogens (tertiary/aromatic N) is 1. The number of anilines is 1. The molecule has 2 aromatic carbocycles. The fraction of sp³-hybridized carbons (Fsp3) is 0.158. The van der Waals surface area contributed by atoms with Crippen LogP contribution in [0.5, 0.6) is 0 Å². The summed E-state index contributed by atoms with van der Waals surface area (Å²) in [6.07, 6.45) is -0.198. The van der Waals surface area contributed by atoms with Crippen molar-refractivity contribution < 1.29 is 14.3 Å². The highest BCUT2D eigenvalue weighted by Crippen LogP contribution is 2.27. The van der Waals surface area contributed by atoms with Crippen molar-refractivity contribution in [2.75, 3.05) is 5.32 Å². The lowest BCUT2D eigenvalue weighted by Gasteiger charge is -2.08. The first-order chi connectivity index (χ1) is 13.7. The number of halogens is 2. The summed E-state index contributed by atoms with van der Waals surface area (Å²) in [5.74, 6) is -0.827. The number of thiocarbonyl (C=S) groups is 1. The van der Waals surface area contributed by atoms with Gasteiger partial charge in [-0.2, -0.15) is 0 Å². The van der Waals surface area contributed by atoms with Gasteiger partial charge in [0, 0.05) is 4.47 Å². The molecule has 0 unspecified atom stereocenters. The maximum Gasteiger partial charge on any atom is 0.338 e.